The quantitative estimate of drug-likeness (QED) is 0.181. The summed E-state index contributed by atoms with van der Waals surface area (Å²) in [5.74, 6) is 0. The van der Waals surface area contributed by atoms with Crippen LogP contribution in [-0.2, 0) is 10.8 Å². The molecule has 0 radical (unpaired) electrons. The third-order valence-electron chi connectivity index (χ3n) is 12.3. The number of fused-ring (bicyclic) bond motifs is 3. The van der Waals surface area contributed by atoms with Gasteiger partial charge in [0.2, 0.25) is 0 Å². The van der Waals surface area contributed by atoms with Crippen LogP contribution in [0, 0.1) is 0 Å². The first-order chi connectivity index (χ1) is 25.3. The molecule has 0 spiro atoms. The maximum Gasteiger partial charge on any atom is 0.0583 e. The predicted molar refractivity (Wildman–Crippen MR) is 220 cm³/mol. The Morgan fingerprint density at radius 1 is 0.404 bits per heavy atom. The Hall–Kier alpha value is -6.12. The molecule has 0 bridgehead atoms. The molecular weight excluding hydrogens is 629 g/mol. The smallest absolute Gasteiger partial charge is 0.0583 e. The Morgan fingerprint density at radius 3 is 1.79 bits per heavy atom. The SMILES string of the molecule is CC1(C)c2cccc3c2-n2c4c1cc(-c1ccc5ccccc5c1)cc4c1cc(N(c4ccccc4)c4cccc5ccccc45)cc(c12)C3(C)C. The molecule has 0 unspecified atom stereocenters. The van der Waals surface area contributed by atoms with Crippen molar-refractivity contribution in [3.05, 3.63) is 180 Å². The molecule has 0 N–H and O–H groups in total. The summed E-state index contributed by atoms with van der Waals surface area (Å²) in [7, 11) is 0. The molecule has 2 aliphatic rings. The van der Waals surface area contributed by atoms with Crippen LogP contribution in [0.5, 0.6) is 0 Å². The standard InChI is InChI=1S/C50H38N2/c1-49(2)41-21-13-22-42-48(41)52-46-39(27-35(28-43(46)49)34-25-24-31-14-8-9-16-33(31)26-34)40-29-37(30-44(47(40)52)50(42,3)4)51(36-18-6-5-7-19-36)45-23-12-17-32-15-10-11-20-38(32)45/h5-30H,1-4H3. The third-order valence-corrected chi connectivity index (χ3v) is 12.3. The number of benzene rings is 8. The number of anilines is 3. The summed E-state index contributed by atoms with van der Waals surface area (Å²) in [6, 6.07) is 58.9. The van der Waals surface area contributed by atoms with Gasteiger partial charge in [-0.25, -0.2) is 0 Å². The Morgan fingerprint density at radius 2 is 1.02 bits per heavy atom. The van der Waals surface area contributed by atoms with Crippen molar-refractivity contribution in [3.8, 4) is 16.8 Å². The Balaban J connectivity index is 1.29. The van der Waals surface area contributed by atoms with Crippen LogP contribution in [0.1, 0.15) is 49.9 Å². The van der Waals surface area contributed by atoms with Crippen molar-refractivity contribution in [1.82, 2.24) is 4.57 Å². The van der Waals surface area contributed by atoms with Crippen molar-refractivity contribution >= 4 is 60.4 Å². The fourth-order valence-electron chi connectivity index (χ4n) is 9.59. The zero-order chi connectivity index (χ0) is 34.9. The maximum absolute atomic E-state index is 2.63. The molecular formula is C50H38N2. The van der Waals surface area contributed by atoms with Gasteiger partial charge in [0.15, 0.2) is 0 Å². The van der Waals surface area contributed by atoms with Gasteiger partial charge in [-0.15, -0.1) is 0 Å². The molecule has 11 rings (SSSR count). The van der Waals surface area contributed by atoms with E-state index in [9.17, 15) is 0 Å². The lowest BCUT2D eigenvalue weighted by Crippen LogP contribution is -2.33. The van der Waals surface area contributed by atoms with E-state index < -0.39 is 0 Å². The minimum atomic E-state index is -0.222. The number of aromatic nitrogens is 1. The monoisotopic (exact) mass is 666 g/mol. The molecule has 0 fully saturated rings. The average Bonchev–Trinajstić information content (AvgIpc) is 3.50. The van der Waals surface area contributed by atoms with E-state index in [1.807, 2.05) is 0 Å². The summed E-state index contributed by atoms with van der Waals surface area (Å²) < 4.78 is 2.63. The number of hydrogen-bond donors (Lipinski definition) is 0. The minimum absolute atomic E-state index is 0.184. The second-order valence-electron chi connectivity index (χ2n) is 15.8. The molecule has 1 aromatic heterocycles. The van der Waals surface area contributed by atoms with Crippen molar-refractivity contribution in [1.29, 1.82) is 0 Å². The number of para-hydroxylation sites is 2. The predicted octanol–water partition coefficient (Wildman–Crippen LogP) is 13.5. The van der Waals surface area contributed by atoms with E-state index in [-0.39, 0.29) is 10.8 Å². The van der Waals surface area contributed by atoms with Gasteiger partial charge in [-0.3, -0.25) is 0 Å². The lowest BCUT2D eigenvalue weighted by Gasteiger charge is -2.42. The van der Waals surface area contributed by atoms with Crippen LogP contribution in [0.3, 0.4) is 0 Å². The van der Waals surface area contributed by atoms with E-state index in [4.69, 9.17) is 0 Å². The number of nitrogens with zero attached hydrogens (tertiary/aromatic N) is 2. The molecule has 0 saturated carbocycles. The lowest BCUT2D eigenvalue weighted by atomic mass is 9.68. The van der Waals surface area contributed by atoms with Crippen LogP contribution in [0.2, 0.25) is 0 Å². The minimum Gasteiger partial charge on any atom is -0.310 e. The van der Waals surface area contributed by atoms with Gasteiger partial charge in [0.05, 0.1) is 22.4 Å². The Kier molecular flexibility index (Phi) is 5.83. The van der Waals surface area contributed by atoms with Crippen molar-refractivity contribution in [2.45, 2.75) is 38.5 Å². The summed E-state index contributed by atoms with van der Waals surface area (Å²) >= 11 is 0. The second-order valence-corrected chi connectivity index (χ2v) is 15.8. The van der Waals surface area contributed by atoms with Gasteiger partial charge >= 0.3 is 0 Å². The van der Waals surface area contributed by atoms with Crippen LogP contribution in [0.4, 0.5) is 17.1 Å². The molecule has 0 amide bonds. The highest BCUT2D eigenvalue weighted by atomic mass is 15.1. The van der Waals surface area contributed by atoms with Gasteiger partial charge in [0, 0.05) is 38.4 Å². The fraction of sp³-hybridized carbons (Fsp3) is 0.120. The van der Waals surface area contributed by atoms with Crippen LogP contribution >= 0.6 is 0 Å². The summed E-state index contributed by atoms with van der Waals surface area (Å²) in [5.41, 5.74) is 15.2. The second kappa shape index (κ2) is 10.2. The normalized spacial score (nSPS) is 14.8. The molecule has 2 aliphatic heterocycles. The zero-order valence-corrected chi connectivity index (χ0v) is 29.9. The molecule has 0 aliphatic carbocycles. The first-order valence-corrected chi connectivity index (χ1v) is 18.4. The van der Waals surface area contributed by atoms with Crippen molar-refractivity contribution in [3.63, 3.8) is 0 Å². The van der Waals surface area contributed by atoms with Gasteiger partial charge in [-0.1, -0.05) is 137 Å². The van der Waals surface area contributed by atoms with E-state index in [2.05, 4.69) is 195 Å². The van der Waals surface area contributed by atoms with E-state index in [0.717, 1.165) is 5.69 Å². The molecule has 9 aromatic rings. The molecule has 2 heteroatoms. The largest absolute Gasteiger partial charge is 0.310 e. The maximum atomic E-state index is 2.63. The number of rotatable bonds is 4. The fourth-order valence-corrected chi connectivity index (χ4v) is 9.59. The van der Waals surface area contributed by atoms with Crippen molar-refractivity contribution < 1.29 is 0 Å². The number of hydrogen-bond acceptors (Lipinski definition) is 1. The third kappa shape index (κ3) is 3.84. The van der Waals surface area contributed by atoms with E-state index in [1.54, 1.807) is 0 Å². The first kappa shape index (κ1) is 29.6. The highest BCUT2D eigenvalue weighted by Gasteiger charge is 2.44. The van der Waals surface area contributed by atoms with Gasteiger partial charge in [-0.2, -0.15) is 0 Å². The van der Waals surface area contributed by atoms with E-state index >= 15 is 0 Å². The lowest BCUT2D eigenvalue weighted by molar-refractivity contribution is 0.594. The van der Waals surface area contributed by atoms with E-state index in [0.29, 0.717) is 0 Å². The molecule has 248 valence electrons. The van der Waals surface area contributed by atoms with Crippen molar-refractivity contribution in [2.75, 3.05) is 4.90 Å². The molecule has 2 nitrogen and oxygen atoms in total. The van der Waals surface area contributed by atoms with Gasteiger partial charge in [0.25, 0.3) is 0 Å². The van der Waals surface area contributed by atoms with Crippen LogP contribution in [0.25, 0.3) is 60.2 Å². The highest BCUT2D eigenvalue weighted by Crippen LogP contribution is 2.57. The Bertz CT molecular complexity index is 2950. The molecule has 0 saturated heterocycles. The van der Waals surface area contributed by atoms with Crippen LogP contribution in [0.15, 0.2) is 158 Å². The summed E-state index contributed by atoms with van der Waals surface area (Å²) in [6.45, 7) is 9.70. The molecule has 52 heavy (non-hydrogen) atoms. The molecule has 3 heterocycles. The van der Waals surface area contributed by atoms with Crippen molar-refractivity contribution in [2.24, 2.45) is 0 Å². The van der Waals surface area contributed by atoms with E-state index in [1.165, 1.54) is 93.8 Å². The summed E-state index contributed by atoms with van der Waals surface area (Å²) in [6.07, 6.45) is 0. The summed E-state index contributed by atoms with van der Waals surface area (Å²) in [4.78, 5) is 2.47. The Labute approximate surface area is 304 Å². The average molecular weight is 667 g/mol. The molecule has 8 aromatic carbocycles. The van der Waals surface area contributed by atoms with Gasteiger partial charge < -0.3 is 9.47 Å². The van der Waals surface area contributed by atoms with Gasteiger partial charge in [-0.05, 0) is 98.1 Å². The molecule has 0 atom stereocenters. The van der Waals surface area contributed by atoms with Gasteiger partial charge in [0.1, 0.15) is 0 Å². The zero-order valence-electron chi connectivity index (χ0n) is 29.9. The topological polar surface area (TPSA) is 8.17 Å². The first-order valence-electron chi connectivity index (χ1n) is 18.4. The summed E-state index contributed by atoms with van der Waals surface area (Å²) in [5, 5.41) is 7.63. The van der Waals surface area contributed by atoms with Crippen LogP contribution < -0.4 is 4.90 Å². The van der Waals surface area contributed by atoms with Crippen LogP contribution in [-0.4, -0.2) is 4.57 Å². The highest BCUT2D eigenvalue weighted by molar-refractivity contribution is 6.16.